The van der Waals surface area contributed by atoms with Crippen LogP contribution in [-0.4, -0.2) is 27.5 Å². The van der Waals surface area contributed by atoms with Crippen LogP contribution in [0.25, 0.3) is 0 Å². The summed E-state index contributed by atoms with van der Waals surface area (Å²) >= 11 is 2.26. The van der Waals surface area contributed by atoms with Gasteiger partial charge in [0.1, 0.15) is 11.8 Å². The van der Waals surface area contributed by atoms with Crippen LogP contribution in [0.4, 0.5) is 11.4 Å². The molecule has 0 bridgehead atoms. The van der Waals surface area contributed by atoms with E-state index in [1.807, 2.05) is 67.6 Å². The highest BCUT2D eigenvalue weighted by molar-refractivity contribution is 8.00. The number of thioether (sulfide) groups is 1. The maximum atomic E-state index is 13.8. The Morgan fingerprint density at radius 3 is 2.21 bits per heavy atom. The van der Waals surface area contributed by atoms with E-state index in [-0.39, 0.29) is 29.1 Å². The van der Waals surface area contributed by atoms with Crippen molar-refractivity contribution in [1.82, 2.24) is 4.57 Å². The van der Waals surface area contributed by atoms with Crippen LogP contribution in [0.2, 0.25) is 0 Å². The van der Waals surface area contributed by atoms with E-state index in [0.29, 0.717) is 21.3 Å². The second-order valence-electron chi connectivity index (χ2n) is 9.34. The molecule has 3 atom stereocenters. The van der Waals surface area contributed by atoms with Crippen molar-refractivity contribution in [3.05, 3.63) is 111 Å². The summed E-state index contributed by atoms with van der Waals surface area (Å²) in [4.78, 5) is 55.3. The van der Waals surface area contributed by atoms with E-state index in [1.54, 1.807) is 24.3 Å². The molecule has 0 radical (unpaired) electrons. The van der Waals surface area contributed by atoms with Gasteiger partial charge >= 0.3 is 4.87 Å². The maximum absolute atomic E-state index is 13.8. The number of carbonyl (C=O) groups is 3. The molecule has 2 aliphatic heterocycles. The number of anilines is 2. The highest BCUT2D eigenvalue weighted by Gasteiger charge is 2.56. The fourth-order valence-electron chi connectivity index (χ4n) is 5.09. The molecule has 6 rings (SSSR count). The fraction of sp³-hybridized carbons (Fsp3) is 0.172. The number of thiazole rings is 1. The summed E-state index contributed by atoms with van der Waals surface area (Å²) in [7, 11) is 0. The maximum Gasteiger partial charge on any atom is 0.308 e. The molecule has 2 aliphatic rings. The second-order valence-corrected chi connectivity index (χ2v) is 11.5. The zero-order valence-electron chi connectivity index (χ0n) is 20.4. The van der Waals surface area contributed by atoms with E-state index in [4.69, 9.17) is 0 Å². The van der Waals surface area contributed by atoms with Crippen molar-refractivity contribution in [2.45, 2.75) is 29.7 Å². The van der Waals surface area contributed by atoms with Gasteiger partial charge in [0, 0.05) is 16.5 Å². The van der Waals surface area contributed by atoms with E-state index in [0.717, 1.165) is 22.5 Å². The average Bonchev–Trinajstić information content (AvgIpc) is 3.37. The molecule has 1 N–H and O–H groups in total. The highest BCUT2D eigenvalue weighted by Crippen LogP contribution is 2.53. The van der Waals surface area contributed by atoms with Crippen LogP contribution in [0.1, 0.15) is 21.9 Å². The van der Waals surface area contributed by atoms with Crippen LogP contribution >= 0.6 is 23.1 Å². The molecule has 190 valence electrons. The van der Waals surface area contributed by atoms with Crippen LogP contribution in [-0.2, 0) is 20.9 Å². The van der Waals surface area contributed by atoms with Crippen LogP contribution in [0, 0.1) is 12.8 Å². The zero-order chi connectivity index (χ0) is 26.4. The molecule has 4 aromatic rings. The van der Waals surface area contributed by atoms with Crippen LogP contribution in [0.3, 0.4) is 0 Å². The van der Waals surface area contributed by atoms with Crippen molar-refractivity contribution in [1.29, 1.82) is 0 Å². The summed E-state index contributed by atoms with van der Waals surface area (Å²) in [6.45, 7) is 1.78. The predicted molar refractivity (Wildman–Crippen MR) is 149 cm³/mol. The molecule has 38 heavy (non-hydrogen) atoms. The number of para-hydroxylation sites is 1. The van der Waals surface area contributed by atoms with E-state index < -0.39 is 17.1 Å². The van der Waals surface area contributed by atoms with Crippen molar-refractivity contribution >= 4 is 52.2 Å². The minimum Gasteiger partial charge on any atom is -0.325 e. The van der Waals surface area contributed by atoms with Gasteiger partial charge in [0.2, 0.25) is 17.7 Å². The molecule has 3 aromatic carbocycles. The van der Waals surface area contributed by atoms with Crippen molar-refractivity contribution in [3.8, 4) is 0 Å². The Balaban J connectivity index is 1.40. The van der Waals surface area contributed by atoms with E-state index >= 15 is 0 Å². The molecule has 1 aromatic heterocycles. The fourth-order valence-corrected chi connectivity index (χ4v) is 7.86. The number of hydrogen-bond acceptors (Lipinski definition) is 6. The third-order valence-corrected chi connectivity index (χ3v) is 9.46. The molecule has 0 aliphatic carbocycles. The Morgan fingerprint density at radius 1 is 0.868 bits per heavy atom. The number of imide groups is 1. The summed E-state index contributed by atoms with van der Waals surface area (Å²) in [5.41, 5.74) is 3.10. The summed E-state index contributed by atoms with van der Waals surface area (Å²) in [6.07, 6.45) is 0. The number of benzene rings is 3. The number of aromatic nitrogens is 1. The Bertz CT molecular complexity index is 1600. The highest BCUT2D eigenvalue weighted by atomic mass is 32.2. The van der Waals surface area contributed by atoms with Crippen LogP contribution in [0.15, 0.2) is 94.7 Å². The van der Waals surface area contributed by atoms with Crippen molar-refractivity contribution in [3.63, 3.8) is 0 Å². The molecule has 1 saturated heterocycles. The molecule has 3 heterocycles. The number of rotatable bonds is 5. The minimum atomic E-state index is -0.708. The third-order valence-electron chi connectivity index (χ3n) is 6.86. The molecular weight excluding hydrogens is 518 g/mol. The summed E-state index contributed by atoms with van der Waals surface area (Å²) < 4.78 is 1.43. The third kappa shape index (κ3) is 4.17. The van der Waals surface area contributed by atoms with Gasteiger partial charge in [-0.25, -0.2) is 4.90 Å². The van der Waals surface area contributed by atoms with Gasteiger partial charge in [0.25, 0.3) is 0 Å². The number of carbonyl (C=O) groups excluding carboxylic acids is 3. The lowest BCUT2D eigenvalue weighted by atomic mass is 9.83. The lowest BCUT2D eigenvalue weighted by molar-refractivity contribution is -0.122. The number of hydrogen-bond donors (Lipinski definition) is 1. The van der Waals surface area contributed by atoms with Gasteiger partial charge in [-0.05, 0) is 36.8 Å². The van der Waals surface area contributed by atoms with Crippen molar-refractivity contribution in [2.75, 3.05) is 10.2 Å². The lowest BCUT2D eigenvalue weighted by Crippen LogP contribution is -2.33. The van der Waals surface area contributed by atoms with Crippen molar-refractivity contribution < 1.29 is 14.4 Å². The SMILES string of the molecule is Cc1ccc(NC(=O)Cn2c3c(sc2=O)[C@@H](c2ccccc2)[C@@H]2C(=O)N(c4ccccc4)C(=O)[C@@H]2S3)cc1. The number of nitrogens with zero attached hydrogens (tertiary/aromatic N) is 2. The smallest absolute Gasteiger partial charge is 0.308 e. The second kappa shape index (κ2) is 9.74. The summed E-state index contributed by atoms with van der Waals surface area (Å²) in [6, 6.07) is 25.8. The monoisotopic (exact) mass is 541 g/mol. The van der Waals surface area contributed by atoms with Gasteiger partial charge in [-0.3, -0.25) is 23.7 Å². The van der Waals surface area contributed by atoms with Gasteiger partial charge in [0.15, 0.2) is 0 Å². The van der Waals surface area contributed by atoms with Gasteiger partial charge < -0.3 is 5.32 Å². The van der Waals surface area contributed by atoms with E-state index in [9.17, 15) is 19.2 Å². The van der Waals surface area contributed by atoms with E-state index in [1.165, 1.54) is 21.2 Å². The zero-order valence-corrected chi connectivity index (χ0v) is 22.0. The van der Waals surface area contributed by atoms with Crippen LogP contribution < -0.4 is 15.1 Å². The summed E-state index contributed by atoms with van der Waals surface area (Å²) in [5.74, 6) is -2.05. The molecular formula is C29H23N3O4S2. The topological polar surface area (TPSA) is 88.5 Å². The first-order valence-electron chi connectivity index (χ1n) is 12.2. The van der Waals surface area contributed by atoms with Gasteiger partial charge in [0.05, 0.1) is 16.6 Å². The molecule has 3 amide bonds. The number of fused-ring (bicyclic) bond motifs is 2. The van der Waals surface area contributed by atoms with Gasteiger partial charge in [-0.1, -0.05) is 89.3 Å². The number of amides is 3. The Kier molecular flexibility index (Phi) is 6.25. The largest absolute Gasteiger partial charge is 0.325 e. The van der Waals surface area contributed by atoms with Crippen LogP contribution in [0.5, 0.6) is 0 Å². The average molecular weight is 542 g/mol. The standard InChI is InChI=1S/C29H23N3O4S2/c1-17-12-14-19(15-13-17)30-21(33)16-31-28-25(38-29(31)36)22(18-8-4-2-5-9-18)23-24(37-28)27(35)32(26(23)34)20-10-6-3-7-11-20/h2-15,22-24H,16H2,1H3,(H,30,33)/t22-,23-,24+/m0/s1. The van der Waals surface area contributed by atoms with Gasteiger partial charge in [-0.2, -0.15) is 0 Å². The molecule has 0 saturated carbocycles. The first kappa shape index (κ1) is 24.4. The summed E-state index contributed by atoms with van der Waals surface area (Å²) in [5, 5.41) is 2.71. The van der Waals surface area contributed by atoms with E-state index in [2.05, 4.69) is 5.32 Å². The first-order valence-corrected chi connectivity index (χ1v) is 13.9. The molecule has 9 heteroatoms. The molecule has 1 fully saturated rings. The molecule has 7 nitrogen and oxygen atoms in total. The Labute approximate surface area is 227 Å². The Morgan fingerprint density at radius 2 is 1.53 bits per heavy atom. The molecule has 0 spiro atoms. The lowest BCUT2D eigenvalue weighted by Gasteiger charge is -2.30. The number of aryl methyl sites for hydroxylation is 1. The van der Waals surface area contributed by atoms with Crippen molar-refractivity contribution in [2.24, 2.45) is 5.92 Å². The first-order chi connectivity index (χ1) is 18.4. The number of nitrogens with one attached hydrogen (secondary N) is 1. The van der Waals surface area contributed by atoms with Gasteiger partial charge in [-0.15, -0.1) is 0 Å². The Hall–Kier alpha value is -3.95. The normalized spacial score (nSPS) is 20.2. The minimum absolute atomic E-state index is 0.186. The quantitative estimate of drug-likeness (QED) is 0.372. The predicted octanol–water partition coefficient (Wildman–Crippen LogP) is 4.65. The molecule has 0 unspecified atom stereocenters.